The lowest BCUT2D eigenvalue weighted by atomic mass is 9.88. The second-order valence-corrected chi connectivity index (χ2v) is 8.45. The zero-order valence-electron chi connectivity index (χ0n) is 17.7. The van der Waals surface area contributed by atoms with Crippen molar-refractivity contribution < 1.29 is 9.53 Å². The van der Waals surface area contributed by atoms with Gasteiger partial charge >= 0.3 is 0 Å². The summed E-state index contributed by atoms with van der Waals surface area (Å²) in [5.74, 6) is 1.37. The number of aromatic nitrogens is 1. The largest absolute Gasteiger partial charge is 0.497 e. The lowest BCUT2D eigenvalue weighted by Crippen LogP contribution is -2.45. The third-order valence-corrected chi connectivity index (χ3v) is 6.75. The van der Waals surface area contributed by atoms with Crippen LogP contribution >= 0.6 is 11.6 Å². The fourth-order valence-corrected chi connectivity index (χ4v) is 4.50. The summed E-state index contributed by atoms with van der Waals surface area (Å²) in [5.41, 5.74) is 4.16. The van der Waals surface area contributed by atoms with E-state index in [1.807, 2.05) is 38.1 Å². The van der Waals surface area contributed by atoms with Gasteiger partial charge in [0.2, 0.25) is 5.91 Å². The first-order valence-corrected chi connectivity index (χ1v) is 10.8. The zero-order chi connectivity index (χ0) is 21.3. The second kappa shape index (κ2) is 8.70. The van der Waals surface area contributed by atoms with E-state index in [1.54, 1.807) is 7.11 Å². The molecule has 5 nitrogen and oxygen atoms in total. The Morgan fingerprint density at radius 2 is 2.03 bits per heavy atom. The molecule has 1 aliphatic heterocycles. The molecule has 158 valence electrons. The zero-order valence-corrected chi connectivity index (χ0v) is 18.4. The number of carbonyl (C=O) groups is 1. The van der Waals surface area contributed by atoms with Gasteiger partial charge in [0.15, 0.2) is 0 Å². The number of methoxy groups -OCH3 is 1. The van der Waals surface area contributed by atoms with Crippen molar-refractivity contribution in [1.29, 1.82) is 0 Å². The third kappa shape index (κ3) is 4.05. The monoisotopic (exact) mass is 425 g/mol. The first-order valence-electron chi connectivity index (χ1n) is 10.4. The van der Waals surface area contributed by atoms with Crippen LogP contribution in [0.2, 0.25) is 5.02 Å². The average molecular weight is 426 g/mol. The molecule has 0 radical (unpaired) electrons. The van der Waals surface area contributed by atoms with Gasteiger partial charge in [0.25, 0.3) is 0 Å². The van der Waals surface area contributed by atoms with Crippen LogP contribution in [0.15, 0.2) is 42.6 Å². The molecule has 2 aromatic carbocycles. The molecule has 2 N–H and O–H groups in total. The van der Waals surface area contributed by atoms with Crippen molar-refractivity contribution in [2.24, 2.45) is 0 Å². The summed E-state index contributed by atoms with van der Waals surface area (Å²) >= 11 is 6.18. The maximum Gasteiger partial charge on any atom is 0.241 e. The Kier molecular flexibility index (Phi) is 6.02. The van der Waals surface area contributed by atoms with Gasteiger partial charge in [-0.2, -0.15) is 0 Å². The predicted molar refractivity (Wildman–Crippen MR) is 123 cm³/mol. The summed E-state index contributed by atoms with van der Waals surface area (Å²) in [6.07, 6.45) is 4.18. The molecule has 1 unspecified atom stereocenters. The summed E-state index contributed by atoms with van der Waals surface area (Å²) in [5, 5.41) is 4.93. The summed E-state index contributed by atoms with van der Waals surface area (Å²) in [7, 11) is 1.70. The molecule has 4 rings (SSSR count). The molecule has 0 spiro atoms. The van der Waals surface area contributed by atoms with E-state index < -0.39 is 0 Å². The lowest BCUT2D eigenvalue weighted by molar-refractivity contribution is -0.121. The van der Waals surface area contributed by atoms with Crippen LogP contribution in [0.5, 0.6) is 5.75 Å². The van der Waals surface area contributed by atoms with Gasteiger partial charge in [-0.05, 0) is 87.2 Å². The Hall–Kier alpha value is -2.50. The van der Waals surface area contributed by atoms with Crippen LogP contribution in [0.3, 0.4) is 0 Å². The fraction of sp³-hybridized carbons (Fsp3) is 0.375. The van der Waals surface area contributed by atoms with Crippen molar-refractivity contribution in [3.8, 4) is 5.75 Å². The van der Waals surface area contributed by atoms with Gasteiger partial charge in [0, 0.05) is 27.8 Å². The summed E-state index contributed by atoms with van der Waals surface area (Å²) in [6.45, 7) is 5.69. The fourth-order valence-electron chi connectivity index (χ4n) is 4.33. The molecule has 1 amide bonds. The van der Waals surface area contributed by atoms with E-state index in [9.17, 15) is 4.79 Å². The number of rotatable bonds is 5. The van der Waals surface area contributed by atoms with E-state index in [-0.39, 0.29) is 11.9 Å². The van der Waals surface area contributed by atoms with E-state index in [0.29, 0.717) is 10.9 Å². The quantitative estimate of drug-likeness (QED) is 0.579. The van der Waals surface area contributed by atoms with Gasteiger partial charge in [-0.1, -0.05) is 17.7 Å². The number of H-pyrrole nitrogens is 1. The third-order valence-electron chi connectivity index (χ3n) is 6.34. The molecule has 0 aliphatic carbocycles. The van der Waals surface area contributed by atoms with Crippen molar-refractivity contribution in [2.45, 2.75) is 38.6 Å². The van der Waals surface area contributed by atoms with Gasteiger partial charge in [0.05, 0.1) is 13.2 Å². The Bertz CT molecular complexity index is 1050. The minimum Gasteiger partial charge on any atom is -0.497 e. The molecule has 1 aromatic heterocycles. The van der Waals surface area contributed by atoms with E-state index in [2.05, 4.69) is 33.5 Å². The number of fused-ring (bicyclic) bond motifs is 1. The van der Waals surface area contributed by atoms with Gasteiger partial charge in [0.1, 0.15) is 5.75 Å². The number of piperidine rings is 1. The number of halogens is 1. The molecule has 1 fully saturated rings. The molecular formula is C24H28ClN3O2. The number of carbonyl (C=O) groups excluding carboxylic acids is 1. The molecule has 1 saturated heterocycles. The molecule has 1 aliphatic rings. The predicted octanol–water partition coefficient (Wildman–Crippen LogP) is 5.34. The van der Waals surface area contributed by atoms with Crippen LogP contribution in [-0.2, 0) is 4.79 Å². The molecule has 2 heterocycles. The minimum atomic E-state index is -0.188. The van der Waals surface area contributed by atoms with Gasteiger partial charge in [-0.25, -0.2) is 0 Å². The van der Waals surface area contributed by atoms with Crippen LogP contribution in [0.1, 0.15) is 36.8 Å². The summed E-state index contributed by atoms with van der Waals surface area (Å²) in [6, 6.07) is 11.6. The van der Waals surface area contributed by atoms with E-state index in [4.69, 9.17) is 16.3 Å². The topological polar surface area (TPSA) is 57.4 Å². The number of amides is 1. The van der Waals surface area contributed by atoms with Crippen molar-refractivity contribution in [3.63, 3.8) is 0 Å². The summed E-state index contributed by atoms with van der Waals surface area (Å²) in [4.78, 5) is 18.5. The Balaban J connectivity index is 1.40. The SMILES string of the molecule is COc1ccc2[nH]cc(C3CCN(C(C)C(=O)Nc4cccc(Cl)c4C)CC3)c2c1. The van der Waals surface area contributed by atoms with E-state index >= 15 is 0 Å². The molecule has 0 bridgehead atoms. The number of aromatic amines is 1. The molecule has 3 aromatic rings. The number of benzene rings is 2. The minimum absolute atomic E-state index is 0.00986. The van der Waals surface area contributed by atoms with E-state index in [1.165, 1.54) is 10.9 Å². The highest BCUT2D eigenvalue weighted by molar-refractivity contribution is 6.31. The standard InChI is InChI=1S/C24H28ClN3O2/c1-15-21(25)5-4-6-22(15)27-24(29)16(2)28-11-9-17(10-12-28)20-14-26-23-8-7-18(30-3)13-19(20)23/h4-8,13-14,16-17,26H,9-12H2,1-3H3,(H,27,29). The number of hydrogen-bond donors (Lipinski definition) is 2. The normalized spacial score (nSPS) is 16.5. The Morgan fingerprint density at radius 1 is 1.27 bits per heavy atom. The van der Waals surface area contributed by atoms with Gasteiger partial charge in [-0.15, -0.1) is 0 Å². The number of hydrogen-bond acceptors (Lipinski definition) is 3. The van der Waals surface area contributed by atoms with Crippen LogP contribution in [0.4, 0.5) is 5.69 Å². The number of nitrogens with zero attached hydrogens (tertiary/aromatic N) is 1. The Morgan fingerprint density at radius 3 is 2.77 bits per heavy atom. The van der Waals surface area contributed by atoms with Crippen LogP contribution < -0.4 is 10.1 Å². The van der Waals surface area contributed by atoms with Crippen molar-refractivity contribution in [2.75, 3.05) is 25.5 Å². The van der Waals surface area contributed by atoms with E-state index in [0.717, 1.165) is 48.4 Å². The smallest absolute Gasteiger partial charge is 0.241 e. The maximum atomic E-state index is 12.8. The molecule has 0 saturated carbocycles. The molecular weight excluding hydrogens is 398 g/mol. The first kappa shape index (κ1) is 20.8. The van der Waals surface area contributed by atoms with Crippen molar-refractivity contribution >= 4 is 34.1 Å². The average Bonchev–Trinajstić information content (AvgIpc) is 3.19. The first-order chi connectivity index (χ1) is 14.5. The number of nitrogens with one attached hydrogen (secondary N) is 2. The van der Waals surface area contributed by atoms with Crippen LogP contribution in [-0.4, -0.2) is 42.0 Å². The molecule has 30 heavy (non-hydrogen) atoms. The number of ether oxygens (including phenoxy) is 1. The highest BCUT2D eigenvalue weighted by Crippen LogP contribution is 2.35. The second-order valence-electron chi connectivity index (χ2n) is 8.04. The van der Waals surface area contributed by atoms with Gasteiger partial charge < -0.3 is 15.0 Å². The number of anilines is 1. The van der Waals surface area contributed by atoms with Crippen molar-refractivity contribution in [1.82, 2.24) is 9.88 Å². The summed E-state index contributed by atoms with van der Waals surface area (Å²) < 4.78 is 5.40. The highest BCUT2D eigenvalue weighted by Gasteiger charge is 2.28. The molecule has 1 atom stereocenters. The Labute approximate surface area is 182 Å². The van der Waals surface area contributed by atoms with Gasteiger partial charge in [-0.3, -0.25) is 9.69 Å². The molecule has 6 heteroatoms. The van der Waals surface area contributed by atoms with Crippen molar-refractivity contribution in [3.05, 3.63) is 58.7 Å². The van der Waals surface area contributed by atoms with Crippen LogP contribution in [0, 0.1) is 6.92 Å². The highest BCUT2D eigenvalue weighted by atomic mass is 35.5. The number of likely N-dealkylation sites (tertiary alicyclic amines) is 1. The maximum absolute atomic E-state index is 12.8. The van der Waals surface area contributed by atoms with Crippen LogP contribution in [0.25, 0.3) is 10.9 Å². The lowest BCUT2D eigenvalue weighted by Gasteiger charge is -2.35.